The van der Waals surface area contributed by atoms with Gasteiger partial charge in [-0.05, 0) is 46.8 Å². The maximum absolute atomic E-state index is 9.98. The molecule has 1 saturated heterocycles. The number of methoxy groups -OCH3 is 1. The Labute approximate surface area is 117 Å². The summed E-state index contributed by atoms with van der Waals surface area (Å²) in [6.45, 7) is 7.91. The molecule has 2 N–H and O–H groups in total. The van der Waals surface area contributed by atoms with Crippen molar-refractivity contribution < 1.29 is 14.6 Å². The van der Waals surface area contributed by atoms with Gasteiger partial charge in [-0.3, -0.25) is 0 Å². The highest BCUT2D eigenvalue weighted by Gasteiger charge is 2.28. The number of aliphatic hydroxyl groups is 1. The lowest BCUT2D eigenvalue weighted by Crippen LogP contribution is -2.51. The van der Waals surface area contributed by atoms with Crippen LogP contribution >= 0.6 is 0 Å². The number of likely N-dealkylation sites (tertiary alicyclic amines) is 1. The van der Waals surface area contributed by atoms with Gasteiger partial charge in [0.15, 0.2) is 0 Å². The summed E-state index contributed by atoms with van der Waals surface area (Å²) in [7, 11) is 3.68. The molecule has 2 unspecified atom stereocenters. The number of ether oxygens (including phenoxy) is 2. The van der Waals surface area contributed by atoms with E-state index in [1.54, 1.807) is 7.11 Å². The number of hydrogen-bond acceptors (Lipinski definition) is 5. The third-order valence-electron chi connectivity index (χ3n) is 4.01. The Morgan fingerprint density at radius 1 is 1.32 bits per heavy atom. The Bertz CT molecular complexity index is 243. The lowest BCUT2D eigenvalue weighted by Gasteiger charge is -2.39. The minimum Gasteiger partial charge on any atom is -0.389 e. The topological polar surface area (TPSA) is 54.0 Å². The van der Waals surface area contributed by atoms with Gasteiger partial charge in [0.1, 0.15) is 0 Å². The van der Waals surface area contributed by atoms with Crippen molar-refractivity contribution in [1.82, 2.24) is 10.2 Å². The Morgan fingerprint density at radius 2 is 1.95 bits per heavy atom. The average Bonchev–Trinajstić information content (AvgIpc) is 2.40. The van der Waals surface area contributed by atoms with Crippen molar-refractivity contribution in [1.29, 1.82) is 0 Å². The molecular weight excluding hydrogens is 244 g/mol. The van der Waals surface area contributed by atoms with Gasteiger partial charge in [0, 0.05) is 19.2 Å². The summed E-state index contributed by atoms with van der Waals surface area (Å²) in [6, 6.07) is 0. The van der Waals surface area contributed by atoms with Gasteiger partial charge in [0.05, 0.1) is 25.4 Å². The molecule has 0 aromatic carbocycles. The number of rotatable bonds is 8. The monoisotopic (exact) mass is 274 g/mol. The molecule has 5 heteroatoms. The summed E-state index contributed by atoms with van der Waals surface area (Å²) < 4.78 is 10.5. The van der Waals surface area contributed by atoms with Crippen LogP contribution in [0.1, 0.15) is 26.7 Å². The van der Waals surface area contributed by atoms with Crippen molar-refractivity contribution in [3.63, 3.8) is 0 Å². The number of nitrogens with zero attached hydrogens (tertiary/aromatic N) is 1. The fourth-order valence-electron chi connectivity index (χ4n) is 2.39. The summed E-state index contributed by atoms with van der Waals surface area (Å²) >= 11 is 0. The SMILES string of the molecule is CNC1(C)CCN(CC(O)COC(C)COC)CC1. The molecule has 0 bridgehead atoms. The predicted octanol–water partition coefficient (Wildman–Crippen LogP) is 0.473. The molecule has 1 heterocycles. The van der Waals surface area contributed by atoms with Crippen LogP contribution in [-0.2, 0) is 9.47 Å². The first-order valence-electron chi connectivity index (χ1n) is 7.19. The van der Waals surface area contributed by atoms with E-state index in [1.165, 1.54) is 0 Å². The van der Waals surface area contributed by atoms with Crippen LogP contribution < -0.4 is 5.32 Å². The minimum absolute atomic E-state index is 0.0357. The van der Waals surface area contributed by atoms with Gasteiger partial charge < -0.3 is 24.8 Å². The Kier molecular flexibility index (Phi) is 7.25. The molecule has 0 spiro atoms. The van der Waals surface area contributed by atoms with Gasteiger partial charge in [-0.25, -0.2) is 0 Å². The first-order valence-corrected chi connectivity index (χ1v) is 7.19. The maximum Gasteiger partial charge on any atom is 0.0900 e. The zero-order valence-electron chi connectivity index (χ0n) is 12.8. The molecule has 5 nitrogen and oxygen atoms in total. The normalized spacial score (nSPS) is 23.2. The van der Waals surface area contributed by atoms with Crippen molar-refractivity contribution in [3.05, 3.63) is 0 Å². The second-order valence-corrected chi connectivity index (χ2v) is 5.86. The zero-order chi connectivity index (χ0) is 14.3. The van der Waals surface area contributed by atoms with Crippen molar-refractivity contribution in [3.8, 4) is 0 Å². The van der Waals surface area contributed by atoms with Crippen LogP contribution in [0, 0.1) is 0 Å². The maximum atomic E-state index is 9.98. The minimum atomic E-state index is -0.418. The van der Waals surface area contributed by atoms with Crippen molar-refractivity contribution in [2.45, 2.75) is 44.4 Å². The zero-order valence-corrected chi connectivity index (χ0v) is 12.8. The van der Waals surface area contributed by atoms with E-state index in [1.807, 2.05) is 14.0 Å². The third-order valence-corrected chi connectivity index (χ3v) is 4.01. The highest BCUT2D eigenvalue weighted by molar-refractivity contribution is 4.88. The number of hydrogen-bond donors (Lipinski definition) is 2. The van der Waals surface area contributed by atoms with Gasteiger partial charge in [-0.1, -0.05) is 0 Å². The van der Waals surface area contributed by atoms with E-state index >= 15 is 0 Å². The smallest absolute Gasteiger partial charge is 0.0900 e. The number of aliphatic hydroxyl groups excluding tert-OH is 1. The lowest BCUT2D eigenvalue weighted by molar-refractivity contribution is -0.0423. The van der Waals surface area contributed by atoms with Crippen LogP contribution in [-0.4, -0.2) is 74.8 Å². The molecule has 0 aliphatic carbocycles. The first-order chi connectivity index (χ1) is 8.99. The fourth-order valence-corrected chi connectivity index (χ4v) is 2.39. The standard InChI is InChI=1S/C14H30N2O3/c1-12(10-18-4)19-11-13(17)9-16-7-5-14(2,15-3)6-8-16/h12-13,15,17H,5-11H2,1-4H3. The molecule has 1 fully saturated rings. The molecule has 1 aliphatic rings. The van der Waals surface area contributed by atoms with Gasteiger partial charge in [-0.2, -0.15) is 0 Å². The molecule has 0 saturated carbocycles. The van der Waals surface area contributed by atoms with Gasteiger partial charge in [0.25, 0.3) is 0 Å². The van der Waals surface area contributed by atoms with E-state index < -0.39 is 6.10 Å². The second-order valence-electron chi connectivity index (χ2n) is 5.86. The van der Waals surface area contributed by atoms with E-state index in [-0.39, 0.29) is 11.6 Å². The molecule has 0 radical (unpaired) electrons. The summed E-state index contributed by atoms with van der Waals surface area (Å²) in [5, 5.41) is 13.4. The van der Waals surface area contributed by atoms with E-state index in [0.29, 0.717) is 19.8 Å². The summed E-state index contributed by atoms with van der Waals surface area (Å²) in [5.74, 6) is 0. The molecule has 0 aromatic rings. The second kappa shape index (κ2) is 8.17. The first kappa shape index (κ1) is 16.9. The van der Waals surface area contributed by atoms with Crippen LogP contribution in [0.3, 0.4) is 0 Å². The Hall–Kier alpha value is -0.200. The summed E-state index contributed by atoms with van der Waals surface area (Å²) in [5.41, 5.74) is 0.255. The van der Waals surface area contributed by atoms with E-state index in [4.69, 9.17) is 9.47 Å². The van der Waals surface area contributed by atoms with Crippen molar-refractivity contribution in [2.75, 3.05) is 47.0 Å². The van der Waals surface area contributed by atoms with Crippen molar-refractivity contribution >= 4 is 0 Å². The van der Waals surface area contributed by atoms with Gasteiger partial charge in [0.2, 0.25) is 0 Å². The molecule has 2 atom stereocenters. The molecule has 0 aromatic heterocycles. The van der Waals surface area contributed by atoms with Crippen LogP contribution in [0.5, 0.6) is 0 Å². The molecule has 114 valence electrons. The molecule has 1 aliphatic heterocycles. The summed E-state index contributed by atoms with van der Waals surface area (Å²) in [4.78, 5) is 2.31. The molecule has 0 amide bonds. The quantitative estimate of drug-likeness (QED) is 0.674. The summed E-state index contributed by atoms with van der Waals surface area (Å²) in [6.07, 6.45) is 1.86. The Morgan fingerprint density at radius 3 is 2.47 bits per heavy atom. The van der Waals surface area contributed by atoms with E-state index in [2.05, 4.69) is 17.1 Å². The van der Waals surface area contributed by atoms with Crippen molar-refractivity contribution in [2.24, 2.45) is 0 Å². The van der Waals surface area contributed by atoms with Crippen LogP contribution in [0.2, 0.25) is 0 Å². The van der Waals surface area contributed by atoms with E-state index in [9.17, 15) is 5.11 Å². The van der Waals surface area contributed by atoms with E-state index in [0.717, 1.165) is 25.9 Å². The highest BCUT2D eigenvalue weighted by Crippen LogP contribution is 2.21. The highest BCUT2D eigenvalue weighted by atomic mass is 16.5. The number of nitrogens with one attached hydrogen (secondary N) is 1. The van der Waals surface area contributed by atoms with Crippen LogP contribution in [0.4, 0.5) is 0 Å². The average molecular weight is 274 g/mol. The van der Waals surface area contributed by atoms with Gasteiger partial charge in [-0.15, -0.1) is 0 Å². The predicted molar refractivity (Wildman–Crippen MR) is 76.4 cm³/mol. The Balaban J connectivity index is 2.18. The number of piperidine rings is 1. The largest absolute Gasteiger partial charge is 0.389 e. The lowest BCUT2D eigenvalue weighted by atomic mass is 9.90. The third kappa shape index (κ3) is 6.19. The van der Waals surface area contributed by atoms with Crippen LogP contribution in [0.15, 0.2) is 0 Å². The van der Waals surface area contributed by atoms with Gasteiger partial charge >= 0.3 is 0 Å². The molecule has 19 heavy (non-hydrogen) atoms. The fraction of sp³-hybridized carbons (Fsp3) is 1.00. The molecule has 1 rings (SSSR count). The van der Waals surface area contributed by atoms with Crippen LogP contribution in [0.25, 0.3) is 0 Å². The molecular formula is C14H30N2O3. The number of β-amino-alcohol motifs (C(OH)–C–C–N with tert-alkyl or cyclic N) is 1.